The number of nitrogens with zero attached hydrogens (tertiary/aromatic N) is 1. The van der Waals surface area contributed by atoms with Gasteiger partial charge in [-0.05, 0) is 50.7 Å². The third-order valence-corrected chi connectivity index (χ3v) is 6.54. The number of carboxylic acid groups (broad SMARTS) is 1. The molecule has 5 nitrogen and oxygen atoms in total. The molecule has 28 heavy (non-hydrogen) atoms. The number of benzene rings is 1. The van der Waals surface area contributed by atoms with Crippen LogP contribution in [0.25, 0.3) is 10.4 Å². The number of carbonyl (C=O) groups excluding carboxylic acids is 1. The van der Waals surface area contributed by atoms with Crippen LogP contribution in [0.2, 0.25) is 0 Å². The van der Waals surface area contributed by atoms with Gasteiger partial charge in [-0.2, -0.15) is 0 Å². The lowest BCUT2D eigenvalue weighted by atomic mass is 9.80. The Labute approximate surface area is 169 Å². The molecule has 3 atom stereocenters. The molecule has 2 N–H and O–H groups in total. The van der Waals surface area contributed by atoms with E-state index in [0.717, 1.165) is 16.9 Å². The van der Waals surface area contributed by atoms with E-state index < -0.39 is 18.0 Å². The van der Waals surface area contributed by atoms with Crippen LogP contribution in [0.5, 0.6) is 0 Å². The predicted molar refractivity (Wildman–Crippen MR) is 112 cm³/mol. The Hall–Kier alpha value is -2.18. The summed E-state index contributed by atoms with van der Waals surface area (Å²) in [5, 5.41) is 20.2. The second-order valence-electron chi connectivity index (χ2n) is 7.89. The third kappa shape index (κ3) is 4.13. The molecule has 0 saturated heterocycles. The molecule has 150 valence electrons. The summed E-state index contributed by atoms with van der Waals surface area (Å²) in [4.78, 5) is 27.8. The fraction of sp³-hybridized carbons (Fsp3) is 0.455. The molecule has 1 saturated carbocycles. The maximum absolute atomic E-state index is 13.4. The number of carbonyl (C=O) groups is 2. The average Bonchev–Trinajstić information content (AvgIpc) is 3.07. The zero-order valence-corrected chi connectivity index (χ0v) is 17.3. The van der Waals surface area contributed by atoms with Crippen molar-refractivity contribution in [2.75, 3.05) is 4.90 Å². The fourth-order valence-corrected chi connectivity index (χ4v) is 4.92. The van der Waals surface area contributed by atoms with E-state index in [1.165, 1.54) is 11.3 Å². The van der Waals surface area contributed by atoms with Crippen molar-refractivity contribution in [2.24, 2.45) is 11.8 Å². The Kier molecular flexibility index (Phi) is 6.20. The number of rotatable bonds is 5. The topological polar surface area (TPSA) is 77.8 Å². The number of aliphatic hydroxyl groups is 1. The molecule has 1 amide bonds. The van der Waals surface area contributed by atoms with E-state index in [2.05, 4.69) is 6.92 Å². The second-order valence-corrected chi connectivity index (χ2v) is 8.94. The van der Waals surface area contributed by atoms with Crippen LogP contribution in [-0.4, -0.2) is 34.2 Å². The van der Waals surface area contributed by atoms with Crippen molar-refractivity contribution < 1.29 is 19.8 Å². The number of anilines is 1. The molecule has 3 rings (SSSR count). The molecule has 2 aromatic rings. The zero-order chi connectivity index (χ0) is 20.4. The summed E-state index contributed by atoms with van der Waals surface area (Å²) < 4.78 is 0. The zero-order valence-electron chi connectivity index (χ0n) is 16.5. The molecule has 1 fully saturated rings. The fourth-order valence-electron chi connectivity index (χ4n) is 3.93. The highest BCUT2D eigenvalue weighted by molar-refractivity contribution is 7.18. The number of amides is 1. The number of aromatic carboxylic acids is 1. The molecule has 1 aromatic carbocycles. The maximum Gasteiger partial charge on any atom is 0.348 e. The maximum atomic E-state index is 13.4. The van der Waals surface area contributed by atoms with Crippen LogP contribution in [0.4, 0.5) is 5.69 Å². The summed E-state index contributed by atoms with van der Waals surface area (Å²) in [7, 11) is 0. The lowest BCUT2D eigenvalue weighted by Crippen LogP contribution is -2.46. The van der Waals surface area contributed by atoms with E-state index in [-0.39, 0.29) is 16.8 Å². The van der Waals surface area contributed by atoms with Gasteiger partial charge < -0.3 is 15.1 Å². The van der Waals surface area contributed by atoms with Gasteiger partial charge in [0.1, 0.15) is 4.88 Å². The van der Waals surface area contributed by atoms with Gasteiger partial charge in [-0.15, -0.1) is 11.3 Å². The van der Waals surface area contributed by atoms with Crippen LogP contribution in [0.3, 0.4) is 0 Å². The molecule has 3 unspecified atom stereocenters. The molecule has 1 aliphatic carbocycles. The highest BCUT2D eigenvalue weighted by Crippen LogP contribution is 2.39. The minimum Gasteiger partial charge on any atom is -0.477 e. The quantitative estimate of drug-likeness (QED) is 0.764. The van der Waals surface area contributed by atoms with Crippen LogP contribution in [0.1, 0.15) is 49.7 Å². The molecule has 0 aliphatic heterocycles. The van der Waals surface area contributed by atoms with Gasteiger partial charge >= 0.3 is 5.97 Å². The Morgan fingerprint density at radius 2 is 1.86 bits per heavy atom. The Morgan fingerprint density at radius 1 is 1.18 bits per heavy atom. The van der Waals surface area contributed by atoms with Gasteiger partial charge in [-0.1, -0.05) is 37.3 Å². The van der Waals surface area contributed by atoms with Crippen LogP contribution in [-0.2, 0) is 4.79 Å². The highest BCUT2D eigenvalue weighted by Gasteiger charge is 2.38. The van der Waals surface area contributed by atoms with Crippen molar-refractivity contribution in [1.29, 1.82) is 0 Å². The minimum atomic E-state index is -1.04. The molecule has 6 heteroatoms. The van der Waals surface area contributed by atoms with E-state index in [0.29, 0.717) is 24.4 Å². The Balaban J connectivity index is 2.01. The molecule has 0 spiro atoms. The van der Waals surface area contributed by atoms with E-state index >= 15 is 0 Å². The van der Waals surface area contributed by atoms with Crippen LogP contribution < -0.4 is 4.90 Å². The van der Waals surface area contributed by atoms with Gasteiger partial charge in [0.25, 0.3) is 0 Å². The molecule has 0 bridgehead atoms. The standard InChI is InChI=1S/C22H27NO4S/c1-13(2)23(21(25)16-10-9-14(3)11-18(16)24)17-12-19(28-20(17)22(26)27)15-7-5-4-6-8-15/h4-8,12-14,16,18,24H,9-11H2,1-3H3,(H,26,27). The molecule has 1 aromatic heterocycles. The van der Waals surface area contributed by atoms with Gasteiger partial charge in [-0.25, -0.2) is 4.79 Å². The summed E-state index contributed by atoms with van der Waals surface area (Å²) in [6.45, 7) is 5.83. The molecule has 1 aliphatic rings. The van der Waals surface area contributed by atoms with Gasteiger partial charge in [0.05, 0.1) is 17.7 Å². The molecule has 0 radical (unpaired) electrons. The molecular weight excluding hydrogens is 374 g/mol. The lowest BCUT2D eigenvalue weighted by molar-refractivity contribution is -0.128. The average molecular weight is 402 g/mol. The summed E-state index contributed by atoms with van der Waals surface area (Å²) in [6.07, 6.45) is 1.44. The van der Waals surface area contributed by atoms with Gasteiger partial charge in [0.15, 0.2) is 0 Å². The number of thiophene rings is 1. The Morgan fingerprint density at radius 3 is 2.43 bits per heavy atom. The summed E-state index contributed by atoms with van der Waals surface area (Å²) in [6, 6.07) is 11.1. The molecule has 1 heterocycles. The van der Waals surface area contributed by atoms with Crippen molar-refractivity contribution in [3.05, 3.63) is 41.3 Å². The van der Waals surface area contributed by atoms with Gasteiger partial charge in [-0.3, -0.25) is 4.79 Å². The lowest BCUT2D eigenvalue weighted by Gasteiger charge is -2.36. The summed E-state index contributed by atoms with van der Waals surface area (Å²) in [5.74, 6) is -1.32. The number of aliphatic hydroxyl groups excluding tert-OH is 1. The van der Waals surface area contributed by atoms with Crippen molar-refractivity contribution in [3.8, 4) is 10.4 Å². The van der Waals surface area contributed by atoms with Crippen LogP contribution in [0, 0.1) is 11.8 Å². The van der Waals surface area contributed by atoms with E-state index in [9.17, 15) is 19.8 Å². The number of hydrogen-bond acceptors (Lipinski definition) is 4. The SMILES string of the molecule is CC1CCC(C(=O)N(c2cc(-c3ccccc3)sc2C(=O)O)C(C)C)C(O)C1. The van der Waals surface area contributed by atoms with E-state index in [1.807, 2.05) is 44.2 Å². The second kappa shape index (κ2) is 8.45. The van der Waals surface area contributed by atoms with Gasteiger partial charge in [0, 0.05) is 10.9 Å². The highest BCUT2D eigenvalue weighted by atomic mass is 32.1. The van der Waals surface area contributed by atoms with Gasteiger partial charge in [0.2, 0.25) is 5.91 Å². The van der Waals surface area contributed by atoms with Crippen molar-refractivity contribution >= 4 is 28.9 Å². The van der Waals surface area contributed by atoms with Crippen molar-refractivity contribution in [3.63, 3.8) is 0 Å². The summed E-state index contributed by atoms with van der Waals surface area (Å²) >= 11 is 1.18. The van der Waals surface area contributed by atoms with Crippen molar-refractivity contribution in [1.82, 2.24) is 0 Å². The largest absolute Gasteiger partial charge is 0.477 e. The monoisotopic (exact) mass is 401 g/mol. The summed E-state index contributed by atoms with van der Waals surface area (Å²) in [5.41, 5.74) is 1.34. The first-order chi connectivity index (χ1) is 13.3. The Bertz CT molecular complexity index is 845. The minimum absolute atomic E-state index is 0.152. The number of carboxylic acids is 1. The van der Waals surface area contributed by atoms with Crippen LogP contribution in [0.15, 0.2) is 36.4 Å². The first-order valence-electron chi connectivity index (χ1n) is 9.73. The smallest absolute Gasteiger partial charge is 0.348 e. The van der Waals surface area contributed by atoms with E-state index in [1.54, 1.807) is 11.0 Å². The normalized spacial score (nSPS) is 22.2. The first kappa shape index (κ1) is 20.6. The first-order valence-corrected chi connectivity index (χ1v) is 10.5. The van der Waals surface area contributed by atoms with Crippen molar-refractivity contribution in [2.45, 2.75) is 52.2 Å². The predicted octanol–water partition coefficient (Wildman–Crippen LogP) is 4.65. The molecular formula is C22H27NO4S. The van der Waals surface area contributed by atoms with E-state index in [4.69, 9.17) is 0 Å². The number of hydrogen-bond donors (Lipinski definition) is 2. The third-order valence-electron chi connectivity index (χ3n) is 5.37. The van der Waals surface area contributed by atoms with Crippen LogP contribution >= 0.6 is 11.3 Å².